The predicted octanol–water partition coefficient (Wildman–Crippen LogP) is -4.85. The Balaban J connectivity index is 1.71. The lowest BCUT2D eigenvalue weighted by Crippen LogP contribution is -2.60. The van der Waals surface area contributed by atoms with Crippen molar-refractivity contribution in [2.45, 2.75) is 81.2 Å². The zero-order valence-electron chi connectivity index (χ0n) is 28.4. The molecule has 2 saturated heterocycles. The fourth-order valence-electron chi connectivity index (χ4n) is 5.93. The van der Waals surface area contributed by atoms with Gasteiger partial charge in [-0.2, -0.15) is 0 Å². The summed E-state index contributed by atoms with van der Waals surface area (Å²) >= 11 is 0. The number of carboxylic acids is 1. The van der Waals surface area contributed by atoms with E-state index in [4.69, 9.17) is 11.5 Å². The molecule has 0 saturated carbocycles. The minimum Gasteiger partial charge on any atom is -0.508 e. The van der Waals surface area contributed by atoms with E-state index in [0.29, 0.717) is 18.4 Å². The van der Waals surface area contributed by atoms with Gasteiger partial charge in [-0.25, -0.2) is 4.79 Å². The van der Waals surface area contributed by atoms with Gasteiger partial charge in [0.25, 0.3) is 0 Å². The van der Waals surface area contributed by atoms with Crippen LogP contribution in [0.3, 0.4) is 0 Å². The number of hydrogen-bond acceptors (Lipinski definition) is 12. The van der Waals surface area contributed by atoms with Crippen molar-refractivity contribution in [1.82, 2.24) is 31.1 Å². The number of primary amides is 1. The lowest BCUT2D eigenvalue weighted by molar-refractivity contribution is -0.148. The molecule has 0 unspecified atom stereocenters. The Hall–Kier alpha value is -5.34. The molecular formula is C32H46N8O12. The molecular weight excluding hydrogens is 688 g/mol. The largest absolute Gasteiger partial charge is 0.508 e. The van der Waals surface area contributed by atoms with Crippen LogP contribution in [0.1, 0.15) is 44.1 Å². The molecule has 2 fully saturated rings. The van der Waals surface area contributed by atoms with E-state index in [1.807, 2.05) is 0 Å². The summed E-state index contributed by atoms with van der Waals surface area (Å²) in [5, 5.41) is 47.9. The molecule has 2 aliphatic rings. The molecule has 0 aliphatic carbocycles. The van der Waals surface area contributed by atoms with Gasteiger partial charge in [-0.15, -0.1) is 0 Å². The molecule has 0 radical (unpaired) electrons. The highest BCUT2D eigenvalue weighted by Gasteiger charge is 2.39. The molecule has 7 amide bonds. The van der Waals surface area contributed by atoms with E-state index in [0.717, 1.165) is 4.90 Å². The van der Waals surface area contributed by atoms with Crippen LogP contribution < -0.4 is 32.7 Å². The molecule has 12 N–H and O–H groups in total. The summed E-state index contributed by atoms with van der Waals surface area (Å²) in [5.74, 6) is -6.98. The molecule has 0 aromatic heterocycles. The number of carbonyl (C=O) groups excluding carboxylic acids is 7. The molecule has 20 nitrogen and oxygen atoms in total. The number of aliphatic hydroxyl groups excluding tert-OH is 2. The highest BCUT2D eigenvalue weighted by molar-refractivity contribution is 5.97. The van der Waals surface area contributed by atoms with Gasteiger partial charge >= 0.3 is 5.97 Å². The maximum absolute atomic E-state index is 13.5. The summed E-state index contributed by atoms with van der Waals surface area (Å²) in [6.07, 6.45) is 0.472. The van der Waals surface area contributed by atoms with Crippen molar-refractivity contribution in [2.75, 3.05) is 32.8 Å². The van der Waals surface area contributed by atoms with Crippen LogP contribution in [0, 0.1) is 0 Å². The first-order valence-electron chi connectivity index (χ1n) is 16.7. The van der Waals surface area contributed by atoms with Gasteiger partial charge < -0.3 is 63.0 Å². The number of aromatic hydroxyl groups is 1. The lowest BCUT2D eigenvalue weighted by atomic mass is 10.0. The number of aliphatic hydroxyl groups is 2. The summed E-state index contributed by atoms with van der Waals surface area (Å²) in [5.41, 5.74) is 11.3. The molecule has 3 rings (SSSR count). The number of likely N-dealkylation sites (tertiary alicyclic amines) is 2. The number of aliphatic carboxylic acids is 1. The van der Waals surface area contributed by atoms with Crippen LogP contribution >= 0.6 is 0 Å². The maximum atomic E-state index is 13.5. The van der Waals surface area contributed by atoms with Crippen LogP contribution in [-0.4, -0.2) is 147 Å². The van der Waals surface area contributed by atoms with Crippen LogP contribution in [0.2, 0.25) is 0 Å². The smallest absolute Gasteiger partial charge is 0.326 e. The number of rotatable bonds is 18. The normalized spacial score (nSPS) is 19.1. The number of hydrogen-bond donors (Lipinski definition) is 10. The minimum atomic E-state index is -1.61. The van der Waals surface area contributed by atoms with Gasteiger partial charge in [-0.3, -0.25) is 33.6 Å². The number of carbonyl (C=O) groups is 8. The fraction of sp³-hybridized carbons (Fsp3) is 0.562. The Morgan fingerprint density at radius 1 is 0.788 bits per heavy atom. The van der Waals surface area contributed by atoms with Gasteiger partial charge in [0, 0.05) is 25.9 Å². The molecule has 52 heavy (non-hydrogen) atoms. The summed E-state index contributed by atoms with van der Waals surface area (Å²) in [6.45, 7) is -1.86. The lowest BCUT2D eigenvalue weighted by Gasteiger charge is -2.29. The number of carboxylic acid groups (broad SMARTS) is 1. The standard InChI is InChI=1S/C32H46N8O12/c33-19(15-41)27(46)37-21(13-17-5-7-18(43)8-6-17)29(48)36-20(9-10-25(34)44)28(47)38-22(16-42)31(50)40-12-1-3-23(40)30(49)35-14-26(45)39-11-2-4-24(39)32(51)52/h5-8,19-24,41-43H,1-4,9-16,33H2,(H2,34,44)(H,35,49)(H,36,48)(H,37,46)(H,38,47)(H,51,52)/t19-,20-,21-,22-,23-,24-/m0/s1. The van der Waals surface area contributed by atoms with Gasteiger partial charge in [-0.1, -0.05) is 12.1 Å². The number of nitrogens with zero attached hydrogens (tertiary/aromatic N) is 2. The van der Waals surface area contributed by atoms with Gasteiger partial charge in [0.2, 0.25) is 41.4 Å². The highest BCUT2D eigenvalue weighted by atomic mass is 16.4. The summed E-state index contributed by atoms with van der Waals surface area (Å²) in [7, 11) is 0. The SMILES string of the molecule is NC(=O)CC[C@H](NC(=O)[C@H](Cc1ccc(O)cc1)NC(=O)[C@@H](N)CO)C(=O)N[C@@H](CO)C(=O)N1CCC[C@H]1C(=O)NCC(=O)N1CCC[C@H]1C(=O)O. The number of nitrogens with one attached hydrogen (secondary N) is 4. The third-order valence-corrected chi connectivity index (χ3v) is 8.76. The second-order valence-corrected chi connectivity index (χ2v) is 12.5. The van der Waals surface area contributed by atoms with Crippen LogP contribution in [-0.2, 0) is 44.8 Å². The number of amides is 7. The molecule has 1 aromatic rings. The highest BCUT2D eigenvalue weighted by Crippen LogP contribution is 2.20. The van der Waals surface area contributed by atoms with Crippen LogP contribution in [0.15, 0.2) is 24.3 Å². The molecule has 0 bridgehead atoms. The van der Waals surface area contributed by atoms with Crippen LogP contribution in [0.25, 0.3) is 0 Å². The quantitative estimate of drug-likeness (QED) is 0.0678. The third kappa shape index (κ3) is 11.3. The van der Waals surface area contributed by atoms with Crippen LogP contribution in [0.4, 0.5) is 0 Å². The van der Waals surface area contributed by atoms with E-state index >= 15 is 0 Å². The molecule has 6 atom stereocenters. The van der Waals surface area contributed by atoms with Crippen molar-refractivity contribution < 1.29 is 58.8 Å². The van der Waals surface area contributed by atoms with Gasteiger partial charge in [-0.05, 0) is 49.8 Å². The van der Waals surface area contributed by atoms with Gasteiger partial charge in [0.15, 0.2) is 0 Å². The van der Waals surface area contributed by atoms with Crippen molar-refractivity contribution in [3.05, 3.63) is 29.8 Å². The molecule has 2 heterocycles. The minimum absolute atomic E-state index is 0.0589. The third-order valence-electron chi connectivity index (χ3n) is 8.76. The van der Waals surface area contributed by atoms with E-state index in [1.165, 1.54) is 29.2 Å². The molecule has 2 aliphatic heterocycles. The topological polar surface area (TPSA) is 324 Å². The zero-order valence-corrected chi connectivity index (χ0v) is 28.4. The number of phenolic OH excluding ortho intramolecular Hbond substituents is 1. The van der Waals surface area contributed by atoms with Crippen LogP contribution in [0.5, 0.6) is 5.75 Å². The summed E-state index contributed by atoms with van der Waals surface area (Å²) < 4.78 is 0. The van der Waals surface area contributed by atoms with E-state index < -0.39 is 110 Å². The second-order valence-electron chi connectivity index (χ2n) is 12.5. The Kier molecular flexibility index (Phi) is 15.3. The summed E-state index contributed by atoms with van der Waals surface area (Å²) in [6, 6.07) is -2.28. The van der Waals surface area contributed by atoms with E-state index in [-0.39, 0.29) is 44.5 Å². The fourth-order valence-corrected chi connectivity index (χ4v) is 5.93. The second kappa shape index (κ2) is 19.3. The van der Waals surface area contributed by atoms with Crippen molar-refractivity contribution in [3.63, 3.8) is 0 Å². The van der Waals surface area contributed by atoms with Crippen molar-refractivity contribution in [2.24, 2.45) is 11.5 Å². The Bertz CT molecular complexity index is 1490. The average Bonchev–Trinajstić information content (AvgIpc) is 3.82. The van der Waals surface area contributed by atoms with E-state index in [2.05, 4.69) is 21.3 Å². The monoisotopic (exact) mass is 734 g/mol. The first-order chi connectivity index (χ1) is 24.7. The number of phenols is 1. The predicted molar refractivity (Wildman–Crippen MR) is 178 cm³/mol. The molecule has 1 aromatic carbocycles. The molecule has 286 valence electrons. The Morgan fingerprint density at radius 3 is 1.96 bits per heavy atom. The van der Waals surface area contributed by atoms with E-state index in [1.54, 1.807) is 0 Å². The Labute approximate surface area is 298 Å². The molecule has 0 spiro atoms. The summed E-state index contributed by atoms with van der Waals surface area (Å²) in [4.78, 5) is 104. The number of nitrogens with two attached hydrogens (primary N) is 2. The average molecular weight is 735 g/mol. The van der Waals surface area contributed by atoms with E-state index in [9.17, 15) is 58.8 Å². The molecule has 20 heteroatoms. The van der Waals surface area contributed by atoms with Gasteiger partial charge in [0.05, 0.1) is 19.8 Å². The maximum Gasteiger partial charge on any atom is 0.326 e. The first kappa shape index (κ1) is 41.1. The first-order valence-corrected chi connectivity index (χ1v) is 16.7. The number of benzene rings is 1. The van der Waals surface area contributed by atoms with Crippen molar-refractivity contribution in [1.29, 1.82) is 0 Å². The van der Waals surface area contributed by atoms with Crippen molar-refractivity contribution >= 4 is 47.3 Å². The zero-order chi connectivity index (χ0) is 38.5. The Morgan fingerprint density at radius 2 is 1.37 bits per heavy atom. The van der Waals surface area contributed by atoms with Gasteiger partial charge in [0.1, 0.15) is 42.0 Å². The van der Waals surface area contributed by atoms with Crippen molar-refractivity contribution in [3.8, 4) is 5.75 Å².